The lowest BCUT2D eigenvalue weighted by Gasteiger charge is -2.23. The molecule has 0 aliphatic heterocycles. The summed E-state index contributed by atoms with van der Waals surface area (Å²) in [6.45, 7) is 6.53. The van der Waals surface area contributed by atoms with E-state index in [9.17, 15) is 23.2 Å². The quantitative estimate of drug-likeness (QED) is 0.673. The van der Waals surface area contributed by atoms with Crippen molar-refractivity contribution >= 4 is 23.5 Å². The summed E-state index contributed by atoms with van der Waals surface area (Å²) < 4.78 is 32.5. The summed E-state index contributed by atoms with van der Waals surface area (Å²) in [5, 5.41) is 4.68. The number of para-hydroxylation sites is 1. The topological polar surface area (TPSA) is 84.5 Å². The van der Waals surface area contributed by atoms with Crippen LogP contribution in [0.3, 0.4) is 0 Å². The summed E-state index contributed by atoms with van der Waals surface area (Å²) in [6, 6.07) is 8.98. The number of nitrogens with one attached hydrogen (secondary N) is 2. The molecule has 0 heterocycles. The van der Waals surface area contributed by atoms with Gasteiger partial charge < -0.3 is 15.4 Å². The predicted octanol–water partition coefficient (Wildman–Crippen LogP) is 3.60. The lowest BCUT2D eigenvalue weighted by molar-refractivity contribution is -0.156. The van der Waals surface area contributed by atoms with Crippen LogP contribution < -0.4 is 10.6 Å². The number of carbonyl (C=O) groups is 3. The number of hydrogen-bond acceptors (Lipinski definition) is 4. The van der Waals surface area contributed by atoms with Gasteiger partial charge in [-0.05, 0) is 44.0 Å². The van der Waals surface area contributed by atoms with Crippen LogP contribution in [0, 0.1) is 24.5 Å². The fraction of sp³-hybridized carbons (Fsp3) is 0.318. The maximum absolute atomic E-state index is 13.7. The minimum Gasteiger partial charge on any atom is -0.451 e. The normalized spacial score (nSPS) is 12.8. The molecule has 0 aromatic heterocycles. The maximum Gasteiger partial charge on any atom is 0.329 e. The van der Waals surface area contributed by atoms with Crippen molar-refractivity contribution in [3.63, 3.8) is 0 Å². The van der Waals surface area contributed by atoms with Crippen molar-refractivity contribution in [3.8, 4) is 0 Å². The van der Waals surface area contributed by atoms with Crippen LogP contribution in [0.15, 0.2) is 42.5 Å². The van der Waals surface area contributed by atoms with Gasteiger partial charge in [0.1, 0.15) is 23.4 Å². The minimum atomic E-state index is -1.34. The average molecular weight is 418 g/mol. The Morgan fingerprint density at radius 2 is 1.57 bits per heavy atom. The van der Waals surface area contributed by atoms with Gasteiger partial charge in [0.2, 0.25) is 0 Å². The molecule has 160 valence electrons. The van der Waals surface area contributed by atoms with E-state index in [0.29, 0.717) is 5.56 Å². The van der Waals surface area contributed by atoms with Crippen molar-refractivity contribution in [1.29, 1.82) is 0 Å². The molecule has 6 nitrogen and oxygen atoms in total. The van der Waals surface area contributed by atoms with Crippen molar-refractivity contribution < 1.29 is 27.9 Å². The Morgan fingerprint density at radius 1 is 0.967 bits per heavy atom. The number of anilines is 1. The van der Waals surface area contributed by atoms with E-state index in [4.69, 9.17) is 4.74 Å². The Balaban J connectivity index is 2.05. The van der Waals surface area contributed by atoms with E-state index in [1.54, 1.807) is 32.0 Å². The number of esters is 1. The van der Waals surface area contributed by atoms with E-state index in [0.717, 1.165) is 23.8 Å². The van der Waals surface area contributed by atoms with Crippen LogP contribution >= 0.6 is 0 Å². The first-order valence-corrected chi connectivity index (χ1v) is 9.43. The summed E-state index contributed by atoms with van der Waals surface area (Å²) in [5.41, 5.74) is 0.643. The smallest absolute Gasteiger partial charge is 0.329 e. The zero-order valence-corrected chi connectivity index (χ0v) is 17.2. The van der Waals surface area contributed by atoms with Crippen molar-refractivity contribution in [2.24, 2.45) is 5.92 Å². The number of carbonyl (C=O) groups excluding carboxylic acids is 3. The second-order valence-electron chi connectivity index (χ2n) is 7.23. The second kappa shape index (κ2) is 9.96. The highest BCUT2D eigenvalue weighted by molar-refractivity contribution is 5.98. The molecule has 30 heavy (non-hydrogen) atoms. The van der Waals surface area contributed by atoms with E-state index >= 15 is 0 Å². The number of hydrogen-bond donors (Lipinski definition) is 2. The lowest BCUT2D eigenvalue weighted by Crippen LogP contribution is -2.47. The zero-order valence-electron chi connectivity index (χ0n) is 17.2. The van der Waals surface area contributed by atoms with Crippen LogP contribution in [-0.4, -0.2) is 29.9 Å². The number of rotatable bonds is 7. The third kappa shape index (κ3) is 5.85. The number of halogens is 2. The number of amides is 2. The summed E-state index contributed by atoms with van der Waals surface area (Å²) in [7, 11) is 0. The van der Waals surface area contributed by atoms with Crippen LogP contribution in [0.1, 0.15) is 36.7 Å². The van der Waals surface area contributed by atoms with Crippen LogP contribution in [-0.2, 0) is 14.3 Å². The van der Waals surface area contributed by atoms with E-state index in [1.807, 2.05) is 13.0 Å². The Morgan fingerprint density at radius 3 is 2.13 bits per heavy atom. The number of benzene rings is 2. The molecule has 0 bridgehead atoms. The molecular weight excluding hydrogens is 394 g/mol. The standard InChI is InChI=1S/C22H24F2N2O4/c1-12(2)18(25-21(28)15-8-5-7-13(3)11-15)22(29)30-14(4)20(27)26-19-16(23)9-6-10-17(19)24/h5-12,14,18H,1-4H3,(H,25,28)(H,26,27)/t14?,18-/m0/s1. The molecule has 0 fully saturated rings. The van der Waals surface area contributed by atoms with E-state index < -0.39 is 47.3 Å². The largest absolute Gasteiger partial charge is 0.451 e. The first kappa shape index (κ1) is 23.0. The van der Waals surface area contributed by atoms with E-state index in [1.165, 1.54) is 6.92 Å². The van der Waals surface area contributed by atoms with Crippen molar-refractivity contribution in [3.05, 3.63) is 65.2 Å². The molecule has 0 aliphatic rings. The summed E-state index contributed by atoms with van der Waals surface area (Å²) in [4.78, 5) is 37.2. The molecule has 0 radical (unpaired) electrons. The Bertz CT molecular complexity index is 926. The van der Waals surface area contributed by atoms with Gasteiger partial charge in [0.15, 0.2) is 6.10 Å². The van der Waals surface area contributed by atoms with Crippen molar-refractivity contribution in [2.45, 2.75) is 39.8 Å². The first-order chi connectivity index (χ1) is 14.1. The van der Waals surface area contributed by atoms with Gasteiger partial charge in [-0.2, -0.15) is 0 Å². The second-order valence-corrected chi connectivity index (χ2v) is 7.23. The Kier molecular flexibility index (Phi) is 7.63. The third-order valence-electron chi connectivity index (χ3n) is 4.36. The van der Waals surface area contributed by atoms with Gasteiger partial charge in [-0.15, -0.1) is 0 Å². The fourth-order valence-corrected chi connectivity index (χ4v) is 2.65. The van der Waals surface area contributed by atoms with Crippen LogP contribution in [0.5, 0.6) is 0 Å². The molecule has 0 saturated carbocycles. The molecule has 0 saturated heterocycles. The van der Waals surface area contributed by atoms with Crippen LogP contribution in [0.4, 0.5) is 14.5 Å². The summed E-state index contributed by atoms with van der Waals surface area (Å²) in [5.74, 6) is -4.42. The Hall–Kier alpha value is -3.29. The molecule has 2 N–H and O–H groups in total. The fourth-order valence-electron chi connectivity index (χ4n) is 2.65. The summed E-state index contributed by atoms with van der Waals surface area (Å²) >= 11 is 0. The highest BCUT2D eigenvalue weighted by atomic mass is 19.1. The number of ether oxygens (including phenoxy) is 1. The minimum absolute atomic E-state index is 0.328. The monoisotopic (exact) mass is 418 g/mol. The van der Waals surface area contributed by atoms with Crippen LogP contribution in [0.25, 0.3) is 0 Å². The molecule has 2 atom stereocenters. The van der Waals surface area contributed by atoms with Crippen molar-refractivity contribution in [2.75, 3.05) is 5.32 Å². The molecule has 2 aromatic rings. The van der Waals surface area contributed by atoms with Gasteiger partial charge in [-0.3, -0.25) is 9.59 Å². The third-order valence-corrected chi connectivity index (χ3v) is 4.36. The molecule has 1 unspecified atom stereocenters. The number of aryl methyl sites for hydroxylation is 1. The van der Waals surface area contributed by atoms with Gasteiger partial charge in [-0.1, -0.05) is 37.6 Å². The zero-order chi connectivity index (χ0) is 22.4. The maximum atomic E-state index is 13.7. The highest BCUT2D eigenvalue weighted by Crippen LogP contribution is 2.18. The molecule has 2 rings (SSSR count). The molecule has 0 aliphatic carbocycles. The van der Waals surface area contributed by atoms with E-state index in [2.05, 4.69) is 10.6 Å². The Labute approximate surface area is 173 Å². The van der Waals surface area contributed by atoms with Crippen LogP contribution in [0.2, 0.25) is 0 Å². The molecule has 2 amide bonds. The molecular formula is C22H24F2N2O4. The van der Waals surface area contributed by atoms with Crippen molar-refractivity contribution in [1.82, 2.24) is 5.32 Å². The molecule has 2 aromatic carbocycles. The van der Waals surface area contributed by atoms with Gasteiger partial charge in [0.25, 0.3) is 11.8 Å². The van der Waals surface area contributed by atoms with E-state index in [-0.39, 0.29) is 5.92 Å². The molecule has 0 spiro atoms. The highest BCUT2D eigenvalue weighted by Gasteiger charge is 2.29. The van der Waals surface area contributed by atoms with Gasteiger partial charge >= 0.3 is 5.97 Å². The predicted molar refractivity (Wildman–Crippen MR) is 108 cm³/mol. The lowest BCUT2D eigenvalue weighted by atomic mass is 10.0. The van der Waals surface area contributed by atoms with Gasteiger partial charge in [-0.25, -0.2) is 13.6 Å². The first-order valence-electron chi connectivity index (χ1n) is 9.43. The van der Waals surface area contributed by atoms with Gasteiger partial charge in [0, 0.05) is 5.56 Å². The average Bonchev–Trinajstić information content (AvgIpc) is 2.68. The summed E-state index contributed by atoms with van der Waals surface area (Å²) in [6.07, 6.45) is -1.34. The SMILES string of the molecule is Cc1cccc(C(=O)N[C@H](C(=O)OC(C)C(=O)Nc2c(F)cccc2F)C(C)C)c1. The van der Waals surface area contributed by atoms with Gasteiger partial charge in [0.05, 0.1) is 0 Å². The molecule has 8 heteroatoms.